The van der Waals surface area contributed by atoms with E-state index in [4.69, 9.17) is 14.2 Å². The Bertz CT molecular complexity index is 1070. The van der Waals surface area contributed by atoms with Crippen molar-refractivity contribution in [2.75, 3.05) is 40.0 Å². The van der Waals surface area contributed by atoms with E-state index in [1.165, 1.54) is 29.6 Å². The van der Waals surface area contributed by atoms with Gasteiger partial charge < -0.3 is 19.5 Å². The number of nitrogens with zero attached hydrogens (tertiary/aromatic N) is 1. The van der Waals surface area contributed by atoms with Crippen molar-refractivity contribution in [3.8, 4) is 5.75 Å². The van der Waals surface area contributed by atoms with Crippen molar-refractivity contribution in [1.29, 1.82) is 0 Å². The molecular weight excluding hydrogens is 448 g/mol. The monoisotopic (exact) mass is 476 g/mol. The summed E-state index contributed by atoms with van der Waals surface area (Å²) in [5.41, 5.74) is 0.848. The van der Waals surface area contributed by atoms with Gasteiger partial charge >= 0.3 is 5.97 Å². The van der Waals surface area contributed by atoms with Gasteiger partial charge in [-0.1, -0.05) is 30.3 Å². The Labute approximate surface area is 193 Å². The molecule has 10 heteroatoms. The van der Waals surface area contributed by atoms with Crippen molar-refractivity contribution in [2.24, 2.45) is 0 Å². The van der Waals surface area contributed by atoms with Gasteiger partial charge in [0.25, 0.3) is 5.91 Å². The second-order valence-electron chi connectivity index (χ2n) is 7.35. The summed E-state index contributed by atoms with van der Waals surface area (Å²) in [6.45, 7) is 2.93. The number of carbonyl (C=O) groups is 2. The summed E-state index contributed by atoms with van der Waals surface area (Å²) in [7, 11) is -2.43. The highest BCUT2D eigenvalue weighted by atomic mass is 32.2. The number of morpholine rings is 1. The Morgan fingerprint density at radius 3 is 2.45 bits per heavy atom. The first-order valence-electron chi connectivity index (χ1n) is 10.6. The zero-order valence-electron chi connectivity index (χ0n) is 18.7. The van der Waals surface area contributed by atoms with Crippen LogP contribution >= 0.6 is 0 Å². The van der Waals surface area contributed by atoms with Crippen molar-refractivity contribution in [1.82, 2.24) is 9.62 Å². The summed E-state index contributed by atoms with van der Waals surface area (Å²) in [6.07, 6.45) is 0.222. The number of methoxy groups -OCH3 is 1. The zero-order valence-corrected chi connectivity index (χ0v) is 19.5. The molecule has 0 spiro atoms. The third-order valence-electron chi connectivity index (χ3n) is 5.18. The number of sulfonamides is 1. The molecule has 1 saturated heterocycles. The van der Waals surface area contributed by atoms with Crippen LogP contribution in [0.2, 0.25) is 0 Å². The molecule has 0 aliphatic carbocycles. The molecule has 33 heavy (non-hydrogen) atoms. The van der Waals surface area contributed by atoms with Crippen LogP contribution in [0.4, 0.5) is 0 Å². The molecule has 1 aliphatic heterocycles. The van der Waals surface area contributed by atoms with Crippen LogP contribution in [-0.2, 0) is 30.7 Å². The Morgan fingerprint density at radius 1 is 1.12 bits per heavy atom. The number of benzene rings is 2. The first-order chi connectivity index (χ1) is 15.9. The highest BCUT2D eigenvalue weighted by Crippen LogP contribution is 2.25. The van der Waals surface area contributed by atoms with Gasteiger partial charge in [0, 0.05) is 19.5 Å². The van der Waals surface area contributed by atoms with Crippen LogP contribution in [0.25, 0.3) is 0 Å². The number of nitrogens with one attached hydrogen (secondary N) is 1. The van der Waals surface area contributed by atoms with Crippen molar-refractivity contribution in [3.63, 3.8) is 0 Å². The fourth-order valence-electron chi connectivity index (χ4n) is 3.48. The van der Waals surface area contributed by atoms with Gasteiger partial charge in [0.1, 0.15) is 11.8 Å². The lowest BCUT2D eigenvalue weighted by atomic mass is 10.1. The Morgan fingerprint density at radius 2 is 1.82 bits per heavy atom. The summed E-state index contributed by atoms with van der Waals surface area (Å²) >= 11 is 0. The third-order valence-corrected chi connectivity index (χ3v) is 7.08. The molecule has 1 atom stereocenters. The standard InChI is InChI=1S/C23H28N2O7S/c1-3-32-23(27)20(15-17-7-5-4-6-8-17)24-22(26)19-16-18(9-10-21(19)30-2)33(28,29)25-11-13-31-14-12-25/h4-10,16,20H,3,11-15H2,1-2H3,(H,24,26). The molecule has 1 aliphatic rings. The highest BCUT2D eigenvalue weighted by molar-refractivity contribution is 7.89. The molecule has 1 amide bonds. The van der Waals surface area contributed by atoms with E-state index >= 15 is 0 Å². The van der Waals surface area contributed by atoms with Crippen LogP contribution < -0.4 is 10.1 Å². The van der Waals surface area contributed by atoms with E-state index < -0.39 is 27.9 Å². The van der Waals surface area contributed by atoms with E-state index in [-0.39, 0.29) is 42.3 Å². The van der Waals surface area contributed by atoms with E-state index in [1.807, 2.05) is 30.3 Å². The molecule has 1 unspecified atom stereocenters. The Kier molecular flexibility index (Phi) is 8.43. The molecule has 2 aromatic rings. The summed E-state index contributed by atoms with van der Waals surface area (Å²) in [4.78, 5) is 25.6. The lowest BCUT2D eigenvalue weighted by molar-refractivity contribution is -0.145. The van der Waals surface area contributed by atoms with Gasteiger partial charge in [-0.05, 0) is 30.7 Å². The highest BCUT2D eigenvalue weighted by Gasteiger charge is 2.29. The van der Waals surface area contributed by atoms with E-state index in [0.717, 1.165) is 5.56 Å². The molecule has 3 rings (SSSR count). The first kappa shape index (κ1) is 24.7. The van der Waals surface area contributed by atoms with E-state index in [1.54, 1.807) is 6.92 Å². The summed E-state index contributed by atoms with van der Waals surface area (Å²) in [5, 5.41) is 2.68. The minimum Gasteiger partial charge on any atom is -0.496 e. The molecule has 0 saturated carbocycles. The largest absolute Gasteiger partial charge is 0.496 e. The molecule has 2 aromatic carbocycles. The SMILES string of the molecule is CCOC(=O)C(Cc1ccccc1)NC(=O)c1cc(S(=O)(=O)N2CCOCC2)ccc1OC. The predicted molar refractivity (Wildman–Crippen MR) is 121 cm³/mol. The van der Waals surface area contributed by atoms with Gasteiger partial charge in [-0.15, -0.1) is 0 Å². The molecule has 1 fully saturated rings. The number of rotatable bonds is 9. The maximum atomic E-state index is 13.2. The fourth-order valence-corrected chi connectivity index (χ4v) is 4.92. The minimum absolute atomic E-state index is 0.00851. The molecule has 0 bridgehead atoms. The van der Waals surface area contributed by atoms with Crippen molar-refractivity contribution in [2.45, 2.75) is 24.3 Å². The number of ether oxygens (including phenoxy) is 3. The lowest BCUT2D eigenvalue weighted by Gasteiger charge is -2.26. The van der Waals surface area contributed by atoms with Gasteiger partial charge in [0.05, 0.1) is 37.4 Å². The number of hydrogen-bond donors (Lipinski definition) is 1. The number of esters is 1. The van der Waals surface area contributed by atoms with Crippen LogP contribution in [0.1, 0.15) is 22.8 Å². The van der Waals surface area contributed by atoms with E-state index in [0.29, 0.717) is 13.2 Å². The van der Waals surface area contributed by atoms with Crippen LogP contribution in [0.3, 0.4) is 0 Å². The van der Waals surface area contributed by atoms with Crippen LogP contribution in [0, 0.1) is 0 Å². The number of carbonyl (C=O) groups excluding carboxylic acids is 2. The second kappa shape index (κ2) is 11.3. The van der Waals surface area contributed by atoms with Gasteiger partial charge in [0.2, 0.25) is 10.0 Å². The average Bonchev–Trinajstić information content (AvgIpc) is 2.84. The van der Waals surface area contributed by atoms with Crippen LogP contribution in [0.5, 0.6) is 5.75 Å². The Balaban J connectivity index is 1.88. The molecular formula is C23H28N2O7S. The first-order valence-corrected chi connectivity index (χ1v) is 12.1. The van der Waals surface area contributed by atoms with Gasteiger partial charge in [-0.2, -0.15) is 4.31 Å². The van der Waals surface area contributed by atoms with Gasteiger partial charge in [-0.25, -0.2) is 13.2 Å². The van der Waals surface area contributed by atoms with Gasteiger partial charge in [0.15, 0.2) is 0 Å². The van der Waals surface area contributed by atoms with Gasteiger partial charge in [-0.3, -0.25) is 4.79 Å². The smallest absolute Gasteiger partial charge is 0.328 e. The van der Waals surface area contributed by atoms with E-state index in [2.05, 4.69) is 5.32 Å². The molecule has 1 N–H and O–H groups in total. The van der Waals surface area contributed by atoms with Crippen LogP contribution in [0.15, 0.2) is 53.4 Å². The van der Waals surface area contributed by atoms with E-state index in [9.17, 15) is 18.0 Å². The second-order valence-corrected chi connectivity index (χ2v) is 9.28. The molecule has 0 aromatic heterocycles. The lowest BCUT2D eigenvalue weighted by Crippen LogP contribution is -2.43. The molecule has 9 nitrogen and oxygen atoms in total. The number of amides is 1. The average molecular weight is 477 g/mol. The summed E-state index contributed by atoms with van der Waals surface area (Å²) < 4.78 is 43.0. The minimum atomic E-state index is -3.82. The molecule has 0 radical (unpaired) electrons. The predicted octanol–water partition coefficient (Wildman–Crippen LogP) is 1.62. The zero-order chi connectivity index (χ0) is 23.8. The maximum Gasteiger partial charge on any atom is 0.328 e. The summed E-state index contributed by atoms with van der Waals surface area (Å²) in [6, 6.07) is 12.3. The molecule has 1 heterocycles. The summed E-state index contributed by atoms with van der Waals surface area (Å²) in [5.74, 6) is -1.03. The van der Waals surface area contributed by atoms with Crippen molar-refractivity contribution in [3.05, 3.63) is 59.7 Å². The van der Waals surface area contributed by atoms with Crippen LogP contribution in [-0.4, -0.2) is 70.7 Å². The van der Waals surface area contributed by atoms with Crippen molar-refractivity contribution >= 4 is 21.9 Å². The maximum absolute atomic E-state index is 13.2. The topological polar surface area (TPSA) is 111 Å². The molecule has 178 valence electrons. The number of hydrogen-bond acceptors (Lipinski definition) is 7. The quantitative estimate of drug-likeness (QED) is 0.548. The Hall–Kier alpha value is -2.95. The fraction of sp³-hybridized carbons (Fsp3) is 0.391. The van der Waals surface area contributed by atoms with Crippen molar-refractivity contribution < 1.29 is 32.2 Å². The normalized spacial score (nSPS) is 15.5. The third kappa shape index (κ3) is 6.10.